The van der Waals surface area contributed by atoms with Crippen LogP contribution in [0.25, 0.3) is 0 Å². The maximum atomic E-state index is 5.61. The van der Waals surface area contributed by atoms with Gasteiger partial charge in [0, 0.05) is 17.4 Å². The van der Waals surface area contributed by atoms with E-state index < -0.39 is 0 Å². The van der Waals surface area contributed by atoms with Crippen LogP contribution in [-0.2, 0) is 0 Å². The molecule has 1 N–H and O–H groups in total. The summed E-state index contributed by atoms with van der Waals surface area (Å²) < 4.78 is 5.61. The monoisotopic (exact) mass is 271 g/mol. The summed E-state index contributed by atoms with van der Waals surface area (Å²) in [6.07, 6.45) is 4.93. The fourth-order valence-corrected chi connectivity index (χ4v) is 2.22. The van der Waals surface area contributed by atoms with Crippen LogP contribution in [0.3, 0.4) is 0 Å². The zero-order valence-corrected chi connectivity index (χ0v) is 11.9. The Morgan fingerprint density at radius 1 is 1.28 bits per heavy atom. The van der Waals surface area contributed by atoms with E-state index in [0.717, 1.165) is 24.4 Å². The Labute approximate surface area is 115 Å². The first kappa shape index (κ1) is 15.2. The first-order valence-corrected chi connectivity index (χ1v) is 6.42. The number of aryl methyl sites for hydroxylation is 2. The van der Waals surface area contributed by atoms with Crippen molar-refractivity contribution in [1.29, 1.82) is 0 Å². The van der Waals surface area contributed by atoms with E-state index in [4.69, 9.17) is 4.74 Å². The molecule has 0 radical (unpaired) electrons. The van der Waals surface area contributed by atoms with E-state index in [2.05, 4.69) is 15.3 Å². The molecule has 1 fully saturated rings. The van der Waals surface area contributed by atoms with Gasteiger partial charge in [-0.1, -0.05) is 6.42 Å². The van der Waals surface area contributed by atoms with Crippen LogP contribution in [0.2, 0.25) is 0 Å². The van der Waals surface area contributed by atoms with E-state index >= 15 is 0 Å². The maximum Gasteiger partial charge on any atom is 0.316 e. The zero-order chi connectivity index (χ0) is 12.1. The molecule has 0 amide bonds. The Morgan fingerprint density at radius 3 is 2.61 bits per heavy atom. The molecule has 0 spiro atoms. The summed E-state index contributed by atoms with van der Waals surface area (Å²) >= 11 is 0. The van der Waals surface area contributed by atoms with Crippen molar-refractivity contribution in [1.82, 2.24) is 15.3 Å². The highest BCUT2D eigenvalue weighted by molar-refractivity contribution is 5.85. The molecule has 102 valence electrons. The van der Waals surface area contributed by atoms with Gasteiger partial charge in [0.15, 0.2) is 0 Å². The topological polar surface area (TPSA) is 47.0 Å². The van der Waals surface area contributed by atoms with Crippen molar-refractivity contribution in [3.8, 4) is 6.01 Å². The number of nitrogens with one attached hydrogen (secondary N) is 1. The molecule has 5 heteroatoms. The first-order valence-electron chi connectivity index (χ1n) is 6.42. The van der Waals surface area contributed by atoms with Gasteiger partial charge < -0.3 is 10.1 Å². The molecule has 1 unspecified atom stereocenters. The molecule has 0 saturated carbocycles. The van der Waals surface area contributed by atoms with Gasteiger partial charge in [-0.3, -0.25) is 0 Å². The van der Waals surface area contributed by atoms with Gasteiger partial charge in [0.2, 0.25) is 0 Å². The van der Waals surface area contributed by atoms with Crippen LogP contribution in [0.15, 0.2) is 6.07 Å². The van der Waals surface area contributed by atoms with Crippen LogP contribution >= 0.6 is 12.4 Å². The fraction of sp³-hybridized carbons (Fsp3) is 0.692. The average molecular weight is 272 g/mol. The predicted molar refractivity (Wildman–Crippen MR) is 74.5 cm³/mol. The van der Waals surface area contributed by atoms with E-state index in [1.54, 1.807) is 0 Å². The van der Waals surface area contributed by atoms with Crippen molar-refractivity contribution in [2.45, 2.75) is 45.6 Å². The van der Waals surface area contributed by atoms with E-state index in [0.29, 0.717) is 18.7 Å². The van der Waals surface area contributed by atoms with E-state index in [1.807, 2.05) is 19.9 Å². The molecule has 2 rings (SSSR count). The minimum Gasteiger partial charge on any atom is -0.463 e. The molecule has 1 aromatic heterocycles. The summed E-state index contributed by atoms with van der Waals surface area (Å²) in [5, 5.41) is 3.51. The standard InChI is InChI=1S/C13H21N3O.ClH/c1-10-9-11(2)16-13(15-10)17-8-6-12-5-3-4-7-14-12;/h9,12,14H,3-8H2,1-2H3;1H. The third-order valence-corrected chi connectivity index (χ3v) is 3.07. The molecule has 1 aromatic rings. The second-order valence-corrected chi connectivity index (χ2v) is 4.72. The Bertz CT molecular complexity index is 347. The van der Waals surface area contributed by atoms with Crippen molar-refractivity contribution in [2.24, 2.45) is 0 Å². The smallest absolute Gasteiger partial charge is 0.316 e. The molecule has 4 nitrogen and oxygen atoms in total. The summed E-state index contributed by atoms with van der Waals surface area (Å²) in [6, 6.07) is 3.07. The quantitative estimate of drug-likeness (QED) is 0.914. The number of aromatic nitrogens is 2. The first-order chi connectivity index (χ1) is 8.24. The molecule has 0 bridgehead atoms. The lowest BCUT2D eigenvalue weighted by Crippen LogP contribution is -2.35. The molecular weight excluding hydrogens is 250 g/mol. The summed E-state index contributed by atoms with van der Waals surface area (Å²) in [7, 11) is 0. The lowest BCUT2D eigenvalue weighted by atomic mass is 10.0. The molecule has 2 heterocycles. The lowest BCUT2D eigenvalue weighted by Gasteiger charge is -2.23. The van der Waals surface area contributed by atoms with Gasteiger partial charge in [-0.15, -0.1) is 12.4 Å². The molecule has 0 aromatic carbocycles. The van der Waals surface area contributed by atoms with Gasteiger partial charge in [-0.2, -0.15) is 0 Å². The second kappa shape index (κ2) is 7.54. The van der Waals surface area contributed by atoms with Crippen LogP contribution in [0, 0.1) is 13.8 Å². The average Bonchev–Trinajstić information content (AvgIpc) is 2.29. The predicted octanol–water partition coefficient (Wildman–Crippen LogP) is 2.43. The van der Waals surface area contributed by atoms with E-state index in [1.165, 1.54) is 19.3 Å². The van der Waals surface area contributed by atoms with Gasteiger partial charge >= 0.3 is 6.01 Å². The molecule has 0 aliphatic carbocycles. The van der Waals surface area contributed by atoms with Gasteiger partial charge in [0.1, 0.15) is 0 Å². The highest BCUT2D eigenvalue weighted by Gasteiger charge is 2.12. The summed E-state index contributed by atoms with van der Waals surface area (Å²) in [4.78, 5) is 8.53. The maximum absolute atomic E-state index is 5.61. The normalized spacial score (nSPS) is 19.1. The molecular formula is C13H22ClN3O. The third-order valence-electron chi connectivity index (χ3n) is 3.07. The van der Waals surface area contributed by atoms with Crippen molar-refractivity contribution in [3.05, 3.63) is 17.5 Å². The number of nitrogens with zero attached hydrogens (tertiary/aromatic N) is 2. The summed E-state index contributed by atoms with van der Waals surface area (Å²) in [5.41, 5.74) is 1.92. The second-order valence-electron chi connectivity index (χ2n) is 4.72. The van der Waals surface area contributed by atoms with E-state index in [9.17, 15) is 0 Å². The Kier molecular flexibility index (Phi) is 6.36. The molecule has 1 atom stereocenters. The third kappa shape index (κ3) is 4.78. The number of hydrogen-bond acceptors (Lipinski definition) is 4. The Morgan fingerprint density at radius 2 is 2.00 bits per heavy atom. The number of halogens is 1. The van der Waals surface area contributed by atoms with Crippen molar-refractivity contribution in [3.63, 3.8) is 0 Å². The van der Waals surface area contributed by atoms with Crippen LogP contribution < -0.4 is 10.1 Å². The summed E-state index contributed by atoms with van der Waals surface area (Å²) in [5.74, 6) is 0. The van der Waals surface area contributed by atoms with Gasteiger partial charge in [0.05, 0.1) is 6.61 Å². The highest BCUT2D eigenvalue weighted by Crippen LogP contribution is 2.11. The number of piperidine rings is 1. The largest absolute Gasteiger partial charge is 0.463 e. The van der Waals surface area contributed by atoms with Crippen LogP contribution in [0.5, 0.6) is 6.01 Å². The zero-order valence-electron chi connectivity index (χ0n) is 11.1. The SMILES string of the molecule is Cc1cc(C)nc(OCCC2CCCCN2)n1.Cl. The number of rotatable bonds is 4. The van der Waals surface area contributed by atoms with Crippen molar-refractivity contribution < 1.29 is 4.74 Å². The Hall–Kier alpha value is -0.870. The van der Waals surface area contributed by atoms with Gasteiger partial charge in [-0.25, -0.2) is 9.97 Å². The van der Waals surface area contributed by atoms with Crippen LogP contribution in [0.4, 0.5) is 0 Å². The minimum atomic E-state index is 0. The lowest BCUT2D eigenvalue weighted by molar-refractivity contribution is 0.251. The van der Waals surface area contributed by atoms with Crippen LogP contribution in [-0.4, -0.2) is 29.2 Å². The number of ether oxygens (including phenoxy) is 1. The molecule has 1 aliphatic heterocycles. The van der Waals surface area contributed by atoms with Gasteiger partial charge in [-0.05, 0) is 45.7 Å². The highest BCUT2D eigenvalue weighted by atomic mass is 35.5. The molecule has 1 aliphatic rings. The van der Waals surface area contributed by atoms with Crippen molar-refractivity contribution >= 4 is 12.4 Å². The molecule has 1 saturated heterocycles. The Balaban J connectivity index is 0.00000162. The van der Waals surface area contributed by atoms with Crippen LogP contribution in [0.1, 0.15) is 37.1 Å². The van der Waals surface area contributed by atoms with Crippen molar-refractivity contribution in [2.75, 3.05) is 13.2 Å². The summed E-state index contributed by atoms with van der Waals surface area (Å²) in [6.45, 7) is 5.76. The molecule has 18 heavy (non-hydrogen) atoms. The fourth-order valence-electron chi connectivity index (χ4n) is 2.22. The minimum absolute atomic E-state index is 0. The number of hydrogen-bond donors (Lipinski definition) is 1. The van der Waals surface area contributed by atoms with Gasteiger partial charge in [0.25, 0.3) is 0 Å². The van der Waals surface area contributed by atoms with E-state index in [-0.39, 0.29) is 12.4 Å².